The van der Waals surface area contributed by atoms with Crippen molar-refractivity contribution in [3.63, 3.8) is 0 Å². The van der Waals surface area contributed by atoms with Gasteiger partial charge in [-0.05, 0) is 56.2 Å². The van der Waals surface area contributed by atoms with Crippen LogP contribution in [0.4, 0.5) is 11.4 Å². The zero-order chi connectivity index (χ0) is 23.3. The Bertz CT molecular complexity index is 1190. The Hall–Kier alpha value is -2.68. The number of benzene rings is 1. The summed E-state index contributed by atoms with van der Waals surface area (Å²) in [7, 11) is -2.87. The van der Waals surface area contributed by atoms with Crippen molar-refractivity contribution >= 4 is 33.0 Å². The van der Waals surface area contributed by atoms with Crippen molar-refractivity contribution in [1.29, 1.82) is 0 Å². The lowest BCUT2D eigenvalue weighted by atomic mass is 10.0. The minimum atomic E-state index is -2.87. The largest absolute Gasteiger partial charge is 0.308 e. The zero-order valence-electron chi connectivity index (χ0n) is 19.1. The van der Waals surface area contributed by atoms with E-state index in [1.165, 1.54) is 0 Å². The molecule has 3 aliphatic rings. The van der Waals surface area contributed by atoms with E-state index in [2.05, 4.69) is 5.10 Å². The number of fused-ring (bicyclic) bond motifs is 1. The van der Waals surface area contributed by atoms with Gasteiger partial charge in [-0.1, -0.05) is 6.07 Å². The van der Waals surface area contributed by atoms with Gasteiger partial charge in [-0.3, -0.25) is 14.3 Å². The summed E-state index contributed by atoms with van der Waals surface area (Å²) in [5, 5.41) is 4.50. The third kappa shape index (κ3) is 4.43. The zero-order valence-corrected chi connectivity index (χ0v) is 19.9. The molecule has 1 saturated carbocycles. The Morgan fingerprint density at radius 2 is 1.79 bits per heavy atom. The molecule has 33 heavy (non-hydrogen) atoms. The number of amides is 2. The first kappa shape index (κ1) is 22.1. The van der Waals surface area contributed by atoms with Gasteiger partial charge in [0.25, 0.3) is 0 Å². The first-order valence-corrected chi connectivity index (χ1v) is 13.5. The highest BCUT2D eigenvalue weighted by molar-refractivity contribution is 7.91. The van der Waals surface area contributed by atoms with Crippen LogP contribution in [0.3, 0.4) is 0 Å². The molecule has 176 valence electrons. The lowest BCUT2D eigenvalue weighted by molar-refractivity contribution is -0.120. The summed E-state index contributed by atoms with van der Waals surface area (Å²) < 4.78 is 25.3. The van der Waals surface area contributed by atoms with E-state index in [-0.39, 0.29) is 35.3 Å². The van der Waals surface area contributed by atoms with E-state index in [0.29, 0.717) is 31.8 Å². The molecule has 0 radical (unpaired) electrons. The van der Waals surface area contributed by atoms with Gasteiger partial charge in [0, 0.05) is 37.7 Å². The number of aromatic nitrogens is 2. The minimum Gasteiger partial charge on any atom is -0.308 e. The van der Waals surface area contributed by atoms with E-state index in [1.807, 2.05) is 47.1 Å². The summed E-state index contributed by atoms with van der Waals surface area (Å²) in [6, 6.07) is 5.82. The molecule has 1 aromatic carbocycles. The topological polar surface area (TPSA) is 92.6 Å². The van der Waals surface area contributed by atoms with Gasteiger partial charge in [0.2, 0.25) is 11.8 Å². The third-order valence-corrected chi connectivity index (χ3v) is 8.75. The number of carbonyl (C=O) groups excluding carboxylic acids is 2. The molecule has 1 saturated heterocycles. The maximum atomic E-state index is 13.0. The van der Waals surface area contributed by atoms with Crippen molar-refractivity contribution in [3.05, 3.63) is 30.6 Å². The van der Waals surface area contributed by atoms with Crippen molar-refractivity contribution < 1.29 is 18.0 Å². The monoisotopic (exact) mass is 470 g/mol. The van der Waals surface area contributed by atoms with Crippen LogP contribution in [-0.2, 0) is 26.0 Å². The molecular weight excluding hydrogens is 440 g/mol. The average Bonchev–Trinajstić information content (AvgIpc) is 3.52. The molecule has 3 heterocycles. The molecule has 9 heteroatoms. The number of nitrogens with zero attached hydrogens (tertiary/aromatic N) is 4. The van der Waals surface area contributed by atoms with Crippen LogP contribution in [0.2, 0.25) is 0 Å². The minimum absolute atomic E-state index is 0.0302. The summed E-state index contributed by atoms with van der Waals surface area (Å²) >= 11 is 0. The molecule has 2 fully saturated rings. The molecule has 5 rings (SSSR count). The van der Waals surface area contributed by atoms with E-state index >= 15 is 0 Å². The molecule has 0 N–H and O–H groups in total. The number of sulfone groups is 1. The fourth-order valence-corrected chi connectivity index (χ4v) is 6.63. The predicted molar refractivity (Wildman–Crippen MR) is 127 cm³/mol. The lowest BCUT2D eigenvalue weighted by Gasteiger charge is -2.41. The number of rotatable bonds is 4. The van der Waals surface area contributed by atoms with Crippen molar-refractivity contribution in [2.45, 2.75) is 52.1 Å². The highest BCUT2D eigenvalue weighted by Gasteiger charge is 2.39. The molecule has 2 amide bonds. The fraction of sp³-hybridized carbons (Fsp3) is 0.542. The molecule has 0 unspecified atom stereocenters. The van der Waals surface area contributed by atoms with Crippen LogP contribution < -0.4 is 9.80 Å². The summed E-state index contributed by atoms with van der Waals surface area (Å²) in [6.07, 6.45) is 7.00. The molecule has 2 aliphatic heterocycles. The fourth-order valence-electron chi connectivity index (χ4n) is 5.04. The quantitative estimate of drug-likeness (QED) is 0.685. The highest BCUT2D eigenvalue weighted by Crippen LogP contribution is 2.42. The van der Waals surface area contributed by atoms with Crippen LogP contribution in [0.5, 0.6) is 0 Å². The number of carbonyl (C=O) groups is 2. The van der Waals surface area contributed by atoms with Gasteiger partial charge in [0.1, 0.15) is 9.84 Å². The van der Waals surface area contributed by atoms with Crippen molar-refractivity contribution in [2.75, 3.05) is 27.9 Å². The summed E-state index contributed by atoms with van der Waals surface area (Å²) in [5.74, 6) is 1.03. The van der Waals surface area contributed by atoms with Gasteiger partial charge in [0.05, 0.1) is 35.1 Å². The van der Waals surface area contributed by atoms with Crippen LogP contribution in [0.15, 0.2) is 30.6 Å². The van der Waals surface area contributed by atoms with E-state index < -0.39 is 9.84 Å². The Labute approximate surface area is 194 Å². The number of hydrogen-bond acceptors (Lipinski definition) is 5. The van der Waals surface area contributed by atoms with E-state index in [1.54, 1.807) is 11.8 Å². The lowest BCUT2D eigenvalue weighted by Crippen LogP contribution is -2.51. The molecule has 1 aliphatic carbocycles. The van der Waals surface area contributed by atoms with Crippen LogP contribution in [0.25, 0.3) is 11.1 Å². The second-order valence-electron chi connectivity index (χ2n) is 9.71. The Balaban J connectivity index is 1.42. The van der Waals surface area contributed by atoms with Gasteiger partial charge in [-0.15, -0.1) is 0 Å². The smallest absolute Gasteiger partial charge is 0.230 e. The van der Waals surface area contributed by atoms with Gasteiger partial charge >= 0.3 is 0 Å². The Kier molecular flexibility index (Phi) is 5.55. The summed E-state index contributed by atoms with van der Waals surface area (Å²) in [6.45, 7) is 4.73. The van der Waals surface area contributed by atoms with Crippen molar-refractivity contribution in [2.24, 2.45) is 11.8 Å². The number of anilines is 2. The van der Waals surface area contributed by atoms with E-state index in [9.17, 15) is 18.0 Å². The molecule has 1 aromatic heterocycles. The predicted octanol–water partition coefficient (Wildman–Crippen LogP) is 2.87. The molecule has 1 atom stereocenters. The number of hydrogen-bond donors (Lipinski definition) is 0. The van der Waals surface area contributed by atoms with E-state index in [0.717, 1.165) is 35.3 Å². The van der Waals surface area contributed by atoms with Crippen LogP contribution in [0, 0.1) is 11.8 Å². The standard InChI is InChI=1S/C24H30N4O4S/c1-16-13-27(24(30)19-3-4-19)23-11-20(5-6-22(23)28(16)17(2)29)21-12-25-26(15-21)14-18-7-9-33(31,32)10-8-18/h5-6,11-12,15-16,18-19H,3-4,7-10,13-14H2,1-2H3/t16-/m0/s1. The molecule has 8 nitrogen and oxygen atoms in total. The normalized spacial score (nSPS) is 22.8. The maximum Gasteiger partial charge on any atom is 0.230 e. The molecular formula is C24H30N4O4S. The van der Waals surface area contributed by atoms with Gasteiger partial charge < -0.3 is 9.80 Å². The van der Waals surface area contributed by atoms with Crippen molar-refractivity contribution in [1.82, 2.24) is 9.78 Å². The Morgan fingerprint density at radius 3 is 2.45 bits per heavy atom. The van der Waals surface area contributed by atoms with Crippen LogP contribution >= 0.6 is 0 Å². The maximum absolute atomic E-state index is 13.0. The average molecular weight is 471 g/mol. The first-order valence-electron chi connectivity index (χ1n) is 11.7. The van der Waals surface area contributed by atoms with Crippen LogP contribution in [0.1, 0.15) is 39.5 Å². The highest BCUT2D eigenvalue weighted by atomic mass is 32.2. The van der Waals surface area contributed by atoms with Gasteiger partial charge in [-0.25, -0.2) is 8.42 Å². The van der Waals surface area contributed by atoms with Gasteiger partial charge in [0.15, 0.2) is 0 Å². The first-order chi connectivity index (χ1) is 15.7. The second kappa shape index (κ2) is 8.27. The Morgan fingerprint density at radius 1 is 1.06 bits per heavy atom. The molecule has 2 aromatic rings. The second-order valence-corrected chi connectivity index (χ2v) is 12.0. The summed E-state index contributed by atoms with van der Waals surface area (Å²) in [4.78, 5) is 29.0. The molecule has 0 spiro atoms. The van der Waals surface area contributed by atoms with Crippen LogP contribution in [-0.4, -0.2) is 54.1 Å². The van der Waals surface area contributed by atoms with Gasteiger partial charge in [-0.2, -0.15) is 5.10 Å². The van der Waals surface area contributed by atoms with Crippen molar-refractivity contribution in [3.8, 4) is 11.1 Å². The van der Waals surface area contributed by atoms with E-state index in [4.69, 9.17) is 0 Å². The SMILES string of the molecule is CC(=O)N1c2ccc(-c3cnn(CC4CCS(=O)(=O)CC4)c3)cc2N(C(=O)C2CC2)C[C@@H]1C. The third-order valence-electron chi connectivity index (χ3n) is 7.03. The molecule has 0 bridgehead atoms. The summed E-state index contributed by atoms with van der Waals surface area (Å²) in [5.41, 5.74) is 3.43.